The lowest BCUT2D eigenvalue weighted by Crippen LogP contribution is -2.24. The summed E-state index contributed by atoms with van der Waals surface area (Å²) in [5, 5.41) is 6.55. The molecular weight excluding hydrogens is 384 g/mol. The maximum Gasteiger partial charge on any atom is 0.223 e. The van der Waals surface area contributed by atoms with Crippen molar-refractivity contribution in [3.05, 3.63) is 77.3 Å². The summed E-state index contributed by atoms with van der Waals surface area (Å²) in [7, 11) is 1.95. The van der Waals surface area contributed by atoms with E-state index in [1.807, 2.05) is 13.1 Å². The van der Waals surface area contributed by atoms with E-state index in [1.165, 1.54) is 11.1 Å². The van der Waals surface area contributed by atoms with Crippen LogP contribution in [0.2, 0.25) is 0 Å². The lowest BCUT2D eigenvalue weighted by atomic mass is 9.97. The Morgan fingerprint density at radius 3 is 2.52 bits per heavy atom. The van der Waals surface area contributed by atoms with Gasteiger partial charge in [-0.15, -0.1) is 0 Å². The summed E-state index contributed by atoms with van der Waals surface area (Å²) in [6.45, 7) is 11.0. The summed E-state index contributed by atoms with van der Waals surface area (Å²) in [5.41, 5.74) is 12.6. The molecule has 0 fully saturated rings. The molecule has 4 N–H and O–H groups in total. The molecule has 1 aromatic heterocycles. The maximum absolute atomic E-state index is 6.73. The van der Waals surface area contributed by atoms with E-state index < -0.39 is 0 Å². The molecule has 0 spiro atoms. The number of hydrogen-bond acceptors (Lipinski definition) is 6. The van der Waals surface area contributed by atoms with Crippen LogP contribution in [0.4, 0.5) is 5.95 Å². The van der Waals surface area contributed by atoms with Crippen LogP contribution in [-0.4, -0.2) is 41.5 Å². The van der Waals surface area contributed by atoms with E-state index in [4.69, 9.17) is 10.7 Å². The van der Waals surface area contributed by atoms with Crippen LogP contribution in [0.1, 0.15) is 37.6 Å². The van der Waals surface area contributed by atoms with E-state index in [0.717, 1.165) is 36.6 Å². The minimum absolute atomic E-state index is 0.128. The third-order valence-electron chi connectivity index (χ3n) is 4.98. The van der Waals surface area contributed by atoms with Crippen LogP contribution in [0.5, 0.6) is 0 Å². The van der Waals surface area contributed by atoms with E-state index in [1.54, 1.807) is 6.20 Å². The van der Waals surface area contributed by atoms with Gasteiger partial charge in [0.25, 0.3) is 0 Å². The number of benzene rings is 1. The second-order valence-electron chi connectivity index (χ2n) is 9.09. The molecule has 0 amide bonds. The van der Waals surface area contributed by atoms with Crippen molar-refractivity contribution in [3.8, 4) is 0 Å². The molecule has 0 saturated carbocycles. The van der Waals surface area contributed by atoms with Crippen molar-refractivity contribution in [2.45, 2.75) is 27.7 Å². The summed E-state index contributed by atoms with van der Waals surface area (Å²) in [6, 6.07) is 10.2. The smallest absolute Gasteiger partial charge is 0.223 e. The summed E-state index contributed by atoms with van der Waals surface area (Å²) in [4.78, 5) is 11.4. The lowest BCUT2D eigenvalue weighted by molar-refractivity contribution is 0.441. The van der Waals surface area contributed by atoms with Crippen molar-refractivity contribution in [1.29, 1.82) is 0 Å². The molecular formula is C25H34N6. The maximum atomic E-state index is 6.73. The zero-order valence-electron chi connectivity index (χ0n) is 19.2. The first-order chi connectivity index (χ1) is 14.8. The summed E-state index contributed by atoms with van der Waals surface area (Å²) >= 11 is 0. The van der Waals surface area contributed by atoms with Crippen LogP contribution in [0.15, 0.2) is 60.5 Å². The van der Waals surface area contributed by atoms with Crippen LogP contribution in [-0.2, 0) is 0 Å². The Balaban J connectivity index is 2.00. The molecule has 0 unspecified atom stereocenters. The number of hydrogen-bond donors (Lipinski definition) is 3. The Hall–Kier alpha value is -3.12. The number of anilines is 1. The second-order valence-corrected chi connectivity index (χ2v) is 9.09. The molecule has 6 heteroatoms. The Morgan fingerprint density at radius 2 is 1.90 bits per heavy atom. The minimum atomic E-state index is 0.128. The second kappa shape index (κ2) is 9.79. The molecule has 164 valence electrons. The molecule has 31 heavy (non-hydrogen) atoms. The molecule has 6 nitrogen and oxygen atoms in total. The number of nitrogens with zero attached hydrogens (tertiary/aromatic N) is 3. The van der Waals surface area contributed by atoms with Gasteiger partial charge in [-0.2, -0.15) is 0 Å². The molecule has 1 aliphatic rings. The summed E-state index contributed by atoms with van der Waals surface area (Å²) in [6.07, 6.45) is 8.18. The normalized spacial score (nSPS) is 14.9. The topological polar surface area (TPSA) is 79.1 Å². The zero-order valence-corrected chi connectivity index (χ0v) is 19.2. The van der Waals surface area contributed by atoms with Crippen molar-refractivity contribution in [1.82, 2.24) is 20.2 Å². The fourth-order valence-electron chi connectivity index (χ4n) is 3.26. The van der Waals surface area contributed by atoms with E-state index in [-0.39, 0.29) is 5.41 Å². The Kier molecular flexibility index (Phi) is 7.13. The highest BCUT2D eigenvalue weighted by Gasteiger charge is 2.19. The monoisotopic (exact) mass is 418 g/mol. The number of nitrogens with one attached hydrogen (secondary N) is 2. The van der Waals surface area contributed by atoms with E-state index in [0.29, 0.717) is 11.6 Å². The molecule has 0 bridgehead atoms. The molecule has 0 atom stereocenters. The molecule has 1 aromatic carbocycles. The highest BCUT2D eigenvalue weighted by atomic mass is 15.2. The molecule has 0 radical (unpaired) electrons. The Morgan fingerprint density at radius 1 is 1.16 bits per heavy atom. The van der Waals surface area contributed by atoms with Gasteiger partial charge < -0.3 is 21.3 Å². The lowest BCUT2D eigenvalue weighted by Gasteiger charge is -2.27. The van der Waals surface area contributed by atoms with Gasteiger partial charge in [-0.1, -0.05) is 56.7 Å². The van der Waals surface area contributed by atoms with Gasteiger partial charge in [0.2, 0.25) is 5.95 Å². The van der Waals surface area contributed by atoms with Gasteiger partial charge in [0.1, 0.15) is 0 Å². The quantitative estimate of drug-likeness (QED) is 0.631. The van der Waals surface area contributed by atoms with Gasteiger partial charge >= 0.3 is 0 Å². The fraction of sp³-hybridized carbons (Fsp3) is 0.360. The number of likely N-dealkylation sites (N-methyl/N-ethyl adjacent to an activating group) is 1. The first-order valence-corrected chi connectivity index (χ1v) is 10.7. The van der Waals surface area contributed by atoms with E-state index in [2.05, 4.69) is 90.8 Å². The number of aromatic nitrogens is 2. The molecule has 0 aliphatic carbocycles. The van der Waals surface area contributed by atoms with Gasteiger partial charge in [0.05, 0.1) is 17.1 Å². The predicted octanol–water partition coefficient (Wildman–Crippen LogP) is 4.00. The molecule has 3 rings (SSSR count). The predicted molar refractivity (Wildman–Crippen MR) is 130 cm³/mol. The number of rotatable bonds is 7. The third-order valence-corrected chi connectivity index (χ3v) is 4.98. The highest BCUT2D eigenvalue weighted by Crippen LogP contribution is 2.28. The van der Waals surface area contributed by atoms with Gasteiger partial charge in [0.15, 0.2) is 0 Å². The minimum Gasteiger partial charge on any atom is -0.396 e. The zero-order chi connectivity index (χ0) is 22.4. The van der Waals surface area contributed by atoms with Crippen molar-refractivity contribution < 1.29 is 0 Å². The standard InChI is InChI=1S/C25H34N6/c1-18-6-8-20(9-7-18)22(26)23(31-14-11-19(12-15-31)16-27-5)21-10-13-28-24(30-21)29-17-25(2,3)4/h6-14,27H,15-17,26H2,1-5H3,(H,28,29,30)/b23-22-. The van der Waals surface area contributed by atoms with Gasteiger partial charge in [0, 0.05) is 32.0 Å². The first kappa shape index (κ1) is 22.6. The third kappa shape index (κ3) is 6.18. The molecule has 1 aliphatic heterocycles. The summed E-state index contributed by atoms with van der Waals surface area (Å²) in [5.74, 6) is 0.606. The highest BCUT2D eigenvalue weighted by molar-refractivity contribution is 5.88. The number of nitrogens with two attached hydrogens (primary N) is 1. The fourth-order valence-corrected chi connectivity index (χ4v) is 3.26. The average Bonchev–Trinajstić information content (AvgIpc) is 2.74. The van der Waals surface area contributed by atoms with Crippen LogP contribution < -0.4 is 16.4 Å². The van der Waals surface area contributed by atoms with Gasteiger partial charge in [-0.25, -0.2) is 9.97 Å². The van der Waals surface area contributed by atoms with Crippen LogP contribution in [0.25, 0.3) is 11.4 Å². The van der Waals surface area contributed by atoms with Gasteiger partial charge in [-0.3, -0.25) is 0 Å². The SMILES string of the molecule is CNCC1=CCN(/C(=C(\N)c2ccc(C)cc2)c2ccnc(NCC(C)(C)C)n2)C=C1. The molecule has 0 saturated heterocycles. The summed E-state index contributed by atoms with van der Waals surface area (Å²) < 4.78 is 0. The van der Waals surface area contributed by atoms with Crippen LogP contribution in [0.3, 0.4) is 0 Å². The van der Waals surface area contributed by atoms with Gasteiger partial charge in [-0.05, 0) is 42.7 Å². The largest absolute Gasteiger partial charge is 0.396 e. The average molecular weight is 419 g/mol. The number of aryl methyl sites for hydroxylation is 1. The van der Waals surface area contributed by atoms with E-state index >= 15 is 0 Å². The molecule has 2 aromatic rings. The van der Waals surface area contributed by atoms with Crippen LogP contribution in [0, 0.1) is 12.3 Å². The van der Waals surface area contributed by atoms with Crippen molar-refractivity contribution in [2.75, 3.05) is 32.0 Å². The van der Waals surface area contributed by atoms with Crippen molar-refractivity contribution >= 4 is 17.3 Å². The molecule has 2 heterocycles. The van der Waals surface area contributed by atoms with Crippen molar-refractivity contribution in [3.63, 3.8) is 0 Å². The van der Waals surface area contributed by atoms with Crippen LogP contribution >= 0.6 is 0 Å². The van der Waals surface area contributed by atoms with E-state index in [9.17, 15) is 0 Å². The Bertz CT molecular complexity index is 980. The Labute approximate surface area is 186 Å². The first-order valence-electron chi connectivity index (χ1n) is 10.7. The van der Waals surface area contributed by atoms with Crippen molar-refractivity contribution in [2.24, 2.45) is 11.1 Å².